The monoisotopic (exact) mass is 275 g/mol. The van der Waals surface area contributed by atoms with Crippen LogP contribution in [0.3, 0.4) is 0 Å². The fourth-order valence-electron chi connectivity index (χ4n) is 4.62. The van der Waals surface area contributed by atoms with Crippen molar-refractivity contribution in [3.05, 3.63) is 0 Å². The maximum atomic E-state index is 12.1. The van der Waals surface area contributed by atoms with E-state index in [1.54, 1.807) is 0 Å². The van der Waals surface area contributed by atoms with Gasteiger partial charge < -0.3 is 10.6 Å². The van der Waals surface area contributed by atoms with Gasteiger partial charge >= 0.3 is 0 Å². The average molecular weight is 275 g/mol. The van der Waals surface area contributed by atoms with Gasteiger partial charge in [0.2, 0.25) is 5.91 Å². The second-order valence-electron chi connectivity index (χ2n) is 7.56. The zero-order chi connectivity index (χ0) is 14.3. The van der Waals surface area contributed by atoms with Gasteiger partial charge in [-0.15, -0.1) is 0 Å². The molecule has 0 aromatic carbocycles. The molecule has 4 rings (SSSR count). The summed E-state index contributed by atoms with van der Waals surface area (Å²) in [5, 5.41) is 14.4. The van der Waals surface area contributed by atoms with E-state index in [2.05, 4.69) is 24.5 Å². The van der Waals surface area contributed by atoms with Crippen LogP contribution in [0, 0.1) is 40.5 Å². The Kier molecular flexibility index (Phi) is 3.40. The summed E-state index contributed by atoms with van der Waals surface area (Å²) < 4.78 is 0. The van der Waals surface area contributed by atoms with E-state index in [4.69, 9.17) is 5.26 Å². The molecule has 0 aliphatic heterocycles. The van der Waals surface area contributed by atoms with Crippen molar-refractivity contribution in [3.8, 4) is 6.19 Å². The van der Waals surface area contributed by atoms with E-state index < -0.39 is 0 Å². The molecular formula is C16H25N3O. The highest BCUT2D eigenvalue weighted by Gasteiger charge is 2.54. The molecule has 2 N–H and O–H groups in total. The number of hydrogen-bond donors (Lipinski definition) is 2. The molecule has 4 aliphatic rings. The molecule has 0 radical (unpaired) electrons. The van der Waals surface area contributed by atoms with Crippen LogP contribution in [0.5, 0.6) is 0 Å². The predicted octanol–water partition coefficient (Wildman–Crippen LogP) is 2.02. The first-order valence-electron chi connectivity index (χ1n) is 7.94. The Bertz CT molecular complexity index is 431. The third-order valence-corrected chi connectivity index (χ3v) is 6.32. The van der Waals surface area contributed by atoms with Crippen molar-refractivity contribution >= 4 is 5.91 Å². The first kappa shape index (κ1) is 13.7. The van der Waals surface area contributed by atoms with Crippen LogP contribution < -0.4 is 10.6 Å². The van der Waals surface area contributed by atoms with Crippen LogP contribution in [0.4, 0.5) is 0 Å². The second kappa shape index (κ2) is 4.95. The SMILES string of the molecule is CC1(C)[C@@H]2CC[C@@H](CNC(=O)[C@H]3C[C@H](NC#N)C3)[C@H]1C2. The van der Waals surface area contributed by atoms with Crippen LogP contribution in [-0.4, -0.2) is 18.5 Å². The Balaban J connectivity index is 1.42. The van der Waals surface area contributed by atoms with Gasteiger partial charge in [0.1, 0.15) is 0 Å². The van der Waals surface area contributed by atoms with Gasteiger partial charge in [-0.25, -0.2) is 0 Å². The van der Waals surface area contributed by atoms with Crippen molar-refractivity contribution in [2.45, 2.75) is 52.0 Å². The lowest BCUT2D eigenvalue weighted by molar-refractivity contribution is -0.131. The van der Waals surface area contributed by atoms with Gasteiger partial charge in [0.15, 0.2) is 6.19 Å². The molecule has 4 nitrogen and oxygen atoms in total. The molecule has 0 heterocycles. The second-order valence-corrected chi connectivity index (χ2v) is 7.56. The number of rotatable bonds is 4. The molecule has 4 heteroatoms. The van der Waals surface area contributed by atoms with Crippen LogP contribution in [0.1, 0.15) is 46.0 Å². The number of nitriles is 1. The molecule has 0 aromatic heterocycles. The van der Waals surface area contributed by atoms with Gasteiger partial charge in [-0.05, 0) is 55.3 Å². The highest BCUT2D eigenvalue weighted by atomic mass is 16.1. The predicted molar refractivity (Wildman–Crippen MR) is 76.4 cm³/mol. The number of nitrogens with zero attached hydrogens (tertiary/aromatic N) is 1. The summed E-state index contributed by atoms with van der Waals surface area (Å²) in [6.07, 6.45) is 7.55. The van der Waals surface area contributed by atoms with Gasteiger partial charge in [-0.3, -0.25) is 4.79 Å². The Labute approximate surface area is 121 Å². The highest BCUT2D eigenvalue weighted by molar-refractivity contribution is 5.79. The molecule has 0 unspecified atom stereocenters. The van der Waals surface area contributed by atoms with Crippen LogP contribution in [0.25, 0.3) is 0 Å². The number of carbonyl (C=O) groups is 1. The standard InChI is InChI=1S/C16H25N3O/c1-16(2)12-4-3-10(14(16)7-12)8-18-15(20)11-5-13(6-11)19-9-17/h10-14,19H,3-8H2,1-2H3,(H,18,20)/t10-,11-,12+,13-,14+/m0/s1. The fraction of sp³-hybridized carbons (Fsp3) is 0.875. The van der Waals surface area contributed by atoms with Gasteiger partial charge in [-0.1, -0.05) is 13.8 Å². The number of amides is 1. The molecule has 4 saturated carbocycles. The third kappa shape index (κ3) is 2.17. The summed E-state index contributed by atoms with van der Waals surface area (Å²) in [5.74, 6) is 2.71. The lowest BCUT2D eigenvalue weighted by Gasteiger charge is -2.60. The largest absolute Gasteiger partial charge is 0.356 e. The Hall–Kier alpha value is -1.24. The third-order valence-electron chi connectivity index (χ3n) is 6.32. The summed E-state index contributed by atoms with van der Waals surface area (Å²) in [4.78, 5) is 12.1. The van der Waals surface area contributed by atoms with Crippen molar-refractivity contribution in [1.82, 2.24) is 10.6 Å². The van der Waals surface area contributed by atoms with Gasteiger partial charge in [0.25, 0.3) is 0 Å². The summed E-state index contributed by atoms with van der Waals surface area (Å²) in [6, 6.07) is 0.219. The topological polar surface area (TPSA) is 64.9 Å². The smallest absolute Gasteiger partial charge is 0.223 e. The summed E-state index contributed by atoms with van der Waals surface area (Å²) in [6.45, 7) is 5.64. The first-order chi connectivity index (χ1) is 9.52. The summed E-state index contributed by atoms with van der Waals surface area (Å²) >= 11 is 0. The quantitative estimate of drug-likeness (QED) is 0.609. The molecule has 4 aliphatic carbocycles. The molecule has 20 heavy (non-hydrogen) atoms. The lowest BCUT2D eigenvalue weighted by atomic mass is 9.45. The van der Waals surface area contributed by atoms with E-state index >= 15 is 0 Å². The molecule has 0 aromatic rings. The van der Waals surface area contributed by atoms with E-state index in [1.807, 2.05) is 6.19 Å². The molecule has 4 fully saturated rings. The van der Waals surface area contributed by atoms with Gasteiger partial charge in [-0.2, -0.15) is 5.26 Å². The van der Waals surface area contributed by atoms with Crippen molar-refractivity contribution in [3.63, 3.8) is 0 Å². The number of carbonyl (C=O) groups excluding carboxylic acids is 1. The van der Waals surface area contributed by atoms with Crippen LogP contribution in [0.15, 0.2) is 0 Å². The molecule has 2 bridgehead atoms. The van der Waals surface area contributed by atoms with Crippen molar-refractivity contribution in [2.75, 3.05) is 6.54 Å². The van der Waals surface area contributed by atoms with E-state index in [0.717, 1.165) is 31.2 Å². The Morgan fingerprint density at radius 3 is 2.65 bits per heavy atom. The van der Waals surface area contributed by atoms with E-state index in [9.17, 15) is 4.79 Å². The summed E-state index contributed by atoms with van der Waals surface area (Å²) in [5.41, 5.74) is 0.492. The maximum Gasteiger partial charge on any atom is 0.223 e. The molecule has 110 valence electrons. The Morgan fingerprint density at radius 2 is 2.05 bits per heavy atom. The van der Waals surface area contributed by atoms with Crippen molar-refractivity contribution in [1.29, 1.82) is 5.26 Å². The number of hydrogen-bond acceptors (Lipinski definition) is 3. The molecular weight excluding hydrogens is 250 g/mol. The highest BCUT2D eigenvalue weighted by Crippen LogP contribution is 2.61. The first-order valence-corrected chi connectivity index (χ1v) is 7.94. The average Bonchev–Trinajstić information content (AvgIpc) is 2.39. The maximum absolute atomic E-state index is 12.1. The lowest BCUT2D eigenvalue weighted by Crippen LogP contribution is -2.55. The summed E-state index contributed by atoms with van der Waals surface area (Å²) in [7, 11) is 0. The van der Waals surface area contributed by atoms with Crippen molar-refractivity contribution in [2.24, 2.45) is 29.1 Å². The van der Waals surface area contributed by atoms with Gasteiger partial charge in [0.05, 0.1) is 0 Å². The minimum absolute atomic E-state index is 0.117. The van der Waals surface area contributed by atoms with E-state index in [1.165, 1.54) is 19.3 Å². The van der Waals surface area contributed by atoms with E-state index in [-0.39, 0.29) is 17.9 Å². The molecule has 0 saturated heterocycles. The molecule has 3 atom stereocenters. The number of nitrogens with one attached hydrogen (secondary N) is 2. The molecule has 1 amide bonds. The van der Waals surface area contributed by atoms with Crippen molar-refractivity contribution < 1.29 is 4.79 Å². The zero-order valence-corrected chi connectivity index (χ0v) is 12.5. The van der Waals surface area contributed by atoms with Gasteiger partial charge in [0, 0.05) is 18.5 Å². The molecule has 0 spiro atoms. The van der Waals surface area contributed by atoms with E-state index in [0.29, 0.717) is 11.3 Å². The van der Waals surface area contributed by atoms with Crippen LogP contribution >= 0.6 is 0 Å². The fourth-order valence-corrected chi connectivity index (χ4v) is 4.62. The minimum Gasteiger partial charge on any atom is -0.356 e. The Morgan fingerprint density at radius 1 is 1.30 bits per heavy atom. The minimum atomic E-state index is 0.117. The normalized spacial score (nSPS) is 40.8. The number of fused-ring (bicyclic) bond motifs is 2. The van der Waals surface area contributed by atoms with Crippen LogP contribution in [0.2, 0.25) is 0 Å². The van der Waals surface area contributed by atoms with Crippen LogP contribution in [-0.2, 0) is 4.79 Å². The zero-order valence-electron chi connectivity index (χ0n) is 12.5.